The molecule has 0 aliphatic heterocycles. The van der Waals surface area contributed by atoms with Crippen molar-refractivity contribution in [3.05, 3.63) is 50.9 Å². The molecule has 1 amide bonds. The minimum absolute atomic E-state index is 0.122. The van der Waals surface area contributed by atoms with Crippen LogP contribution in [0.25, 0.3) is 11.1 Å². The molecule has 8 heteroatoms. The topological polar surface area (TPSA) is 73.0 Å². The maximum absolute atomic E-state index is 12.5. The standard InChI is InChI=1S/C18H18BrClN4O2/c1-10-14(17(20)26-23-10)8-9-15(25)21-18-16(11(2)22-24(18)3)12-4-6-13(19)7-5-12/h4-7H,8-9H2,1-3H3,(H,21,25). The molecule has 136 valence electrons. The van der Waals surface area contributed by atoms with E-state index < -0.39 is 0 Å². The Labute approximate surface area is 164 Å². The molecule has 26 heavy (non-hydrogen) atoms. The number of halogens is 2. The first-order valence-corrected chi connectivity index (χ1v) is 9.24. The summed E-state index contributed by atoms with van der Waals surface area (Å²) in [5.74, 6) is 0.547. The molecule has 0 bridgehead atoms. The minimum Gasteiger partial charge on any atom is -0.344 e. The SMILES string of the molecule is Cc1noc(Cl)c1CCC(=O)Nc1c(-c2ccc(Br)cc2)c(C)nn1C. The Bertz CT molecular complexity index is 928. The Balaban J connectivity index is 1.79. The highest BCUT2D eigenvalue weighted by molar-refractivity contribution is 9.10. The van der Waals surface area contributed by atoms with Crippen molar-refractivity contribution in [2.45, 2.75) is 26.7 Å². The van der Waals surface area contributed by atoms with E-state index in [1.54, 1.807) is 11.6 Å². The number of benzene rings is 1. The largest absolute Gasteiger partial charge is 0.344 e. The fourth-order valence-electron chi connectivity index (χ4n) is 2.84. The average molecular weight is 438 g/mol. The molecule has 6 nitrogen and oxygen atoms in total. The number of nitrogens with zero attached hydrogens (tertiary/aromatic N) is 3. The van der Waals surface area contributed by atoms with Crippen LogP contribution in [0.3, 0.4) is 0 Å². The van der Waals surface area contributed by atoms with E-state index in [0.29, 0.717) is 17.9 Å². The molecule has 1 aromatic carbocycles. The van der Waals surface area contributed by atoms with Crippen LogP contribution in [-0.2, 0) is 18.3 Å². The van der Waals surface area contributed by atoms with Gasteiger partial charge < -0.3 is 9.84 Å². The van der Waals surface area contributed by atoms with Gasteiger partial charge in [0.2, 0.25) is 11.1 Å². The lowest BCUT2D eigenvalue weighted by Gasteiger charge is -2.09. The van der Waals surface area contributed by atoms with E-state index in [1.165, 1.54) is 0 Å². The molecule has 0 saturated heterocycles. The van der Waals surface area contributed by atoms with Crippen LogP contribution >= 0.6 is 27.5 Å². The Hall–Kier alpha value is -2.12. The lowest BCUT2D eigenvalue weighted by molar-refractivity contribution is -0.116. The Kier molecular flexibility index (Phi) is 5.48. The van der Waals surface area contributed by atoms with Gasteiger partial charge in [0.25, 0.3) is 0 Å². The van der Waals surface area contributed by atoms with Crippen molar-refractivity contribution >= 4 is 39.3 Å². The van der Waals surface area contributed by atoms with Gasteiger partial charge >= 0.3 is 0 Å². The second kappa shape index (κ2) is 7.63. The lowest BCUT2D eigenvalue weighted by atomic mass is 10.1. The fourth-order valence-corrected chi connectivity index (χ4v) is 3.37. The first kappa shape index (κ1) is 18.7. The van der Waals surface area contributed by atoms with Gasteiger partial charge in [0.15, 0.2) is 0 Å². The number of aromatic nitrogens is 3. The number of hydrogen-bond donors (Lipinski definition) is 1. The molecule has 2 aromatic heterocycles. The molecule has 0 aliphatic carbocycles. The van der Waals surface area contributed by atoms with Crippen LogP contribution < -0.4 is 5.32 Å². The average Bonchev–Trinajstić information content (AvgIpc) is 3.05. The van der Waals surface area contributed by atoms with Crippen LogP contribution in [0.15, 0.2) is 33.3 Å². The highest BCUT2D eigenvalue weighted by Gasteiger charge is 2.18. The predicted octanol–water partition coefficient (Wildman–Crippen LogP) is 4.68. The Morgan fingerprint density at radius 3 is 2.58 bits per heavy atom. The third-order valence-electron chi connectivity index (χ3n) is 4.15. The minimum atomic E-state index is -0.122. The van der Waals surface area contributed by atoms with Crippen molar-refractivity contribution in [2.75, 3.05) is 5.32 Å². The lowest BCUT2D eigenvalue weighted by Crippen LogP contribution is -2.15. The molecular weight excluding hydrogens is 420 g/mol. The first-order chi connectivity index (χ1) is 12.4. The summed E-state index contributed by atoms with van der Waals surface area (Å²) in [6, 6.07) is 7.90. The van der Waals surface area contributed by atoms with Crippen molar-refractivity contribution in [1.29, 1.82) is 0 Å². The summed E-state index contributed by atoms with van der Waals surface area (Å²) < 4.78 is 7.60. The normalized spacial score (nSPS) is 11.0. The number of carbonyl (C=O) groups excluding carboxylic acids is 1. The summed E-state index contributed by atoms with van der Waals surface area (Å²) in [7, 11) is 1.81. The van der Waals surface area contributed by atoms with E-state index >= 15 is 0 Å². The van der Waals surface area contributed by atoms with E-state index in [4.69, 9.17) is 16.1 Å². The highest BCUT2D eigenvalue weighted by Crippen LogP contribution is 2.32. The molecule has 0 unspecified atom stereocenters. The Morgan fingerprint density at radius 2 is 1.96 bits per heavy atom. The van der Waals surface area contributed by atoms with Gasteiger partial charge in [0.1, 0.15) is 5.82 Å². The smallest absolute Gasteiger partial charge is 0.229 e. The van der Waals surface area contributed by atoms with Gasteiger partial charge in [-0.1, -0.05) is 33.2 Å². The predicted molar refractivity (Wildman–Crippen MR) is 104 cm³/mol. The third kappa shape index (κ3) is 3.83. The molecule has 0 fully saturated rings. The molecule has 3 rings (SSSR count). The summed E-state index contributed by atoms with van der Waals surface area (Å²) in [4.78, 5) is 12.5. The van der Waals surface area contributed by atoms with E-state index in [1.807, 2.05) is 38.2 Å². The third-order valence-corrected chi connectivity index (χ3v) is 4.98. The van der Waals surface area contributed by atoms with Gasteiger partial charge in [-0.05, 0) is 49.6 Å². The quantitative estimate of drug-likeness (QED) is 0.629. The van der Waals surface area contributed by atoms with Crippen molar-refractivity contribution in [3.8, 4) is 11.1 Å². The van der Waals surface area contributed by atoms with Crippen LogP contribution in [0.4, 0.5) is 5.82 Å². The van der Waals surface area contributed by atoms with Gasteiger partial charge in [-0.2, -0.15) is 5.10 Å². The van der Waals surface area contributed by atoms with E-state index in [2.05, 4.69) is 31.5 Å². The molecule has 0 atom stereocenters. The summed E-state index contributed by atoms with van der Waals surface area (Å²) in [5.41, 5.74) is 4.22. The zero-order chi connectivity index (χ0) is 18.8. The molecule has 1 N–H and O–H groups in total. The number of hydrogen-bond acceptors (Lipinski definition) is 4. The van der Waals surface area contributed by atoms with Gasteiger partial charge in [0.05, 0.1) is 11.4 Å². The molecule has 0 saturated carbocycles. The highest BCUT2D eigenvalue weighted by atomic mass is 79.9. The molecule has 2 heterocycles. The monoisotopic (exact) mass is 436 g/mol. The van der Waals surface area contributed by atoms with Crippen molar-refractivity contribution in [2.24, 2.45) is 7.05 Å². The summed E-state index contributed by atoms with van der Waals surface area (Å²) in [6.45, 7) is 3.73. The van der Waals surface area contributed by atoms with E-state index in [-0.39, 0.29) is 17.5 Å². The van der Waals surface area contributed by atoms with Crippen LogP contribution in [0.2, 0.25) is 5.22 Å². The number of amides is 1. The molecule has 0 radical (unpaired) electrons. The van der Waals surface area contributed by atoms with Crippen LogP contribution in [0.5, 0.6) is 0 Å². The van der Waals surface area contributed by atoms with Gasteiger partial charge in [0, 0.05) is 29.1 Å². The van der Waals surface area contributed by atoms with Crippen molar-refractivity contribution < 1.29 is 9.32 Å². The van der Waals surface area contributed by atoms with Crippen molar-refractivity contribution in [1.82, 2.24) is 14.9 Å². The maximum atomic E-state index is 12.5. The second-order valence-corrected chi connectivity index (χ2v) is 7.27. The summed E-state index contributed by atoms with van der Waals surface area (Å²) >= 11 is 9.39. The first-order valence-electron chi connectivity index (χ1n) is 8.07. The van der Waals surface area contributed by atoms with Gasteiger partial charge in [-0.3, -0.25) is 9.48 Å². The zero-order valence-electron chi connectivity index (χ0n) is 14.6. The van der Waals surface area contributed by atoms with E-state index in [0.717, 1.165) is 26.9 Å². The van der Waals surface area contributed by atoms with Crippen molar-refractivity contribution in [3.63, 3.8) is 0 Å². The number of rotatable bonds is 5. The van der Waals surface area contributed by atoms with Crippen LogP contribution in [-0.4, -0.2) is 20.8 Å². The van der Waals surface area contributed by atoms with Gasteiger partial charge in [-0.25, -0.2) is 0 Å². The number of nitrogens with one attached hydrogen (secondary N) is 1. The summed E-state index contributed by atoms with van der Waals surface area (Å²) in [5, 5.41) is 11.5. The van der Waals surface area contributed by atoms with E-state index in [9.17, 15) is 4.79 Å². The second-order valence-electron chi connectivity index (χ2n) is 6.01. The molecule has 3 aromatic rings. The Morgan fingerprint density at radius 1 is 1.27 bits per heavy atom. The fraction of sp³-hybridized carbons (Fsp3) is 0.278. The van der Waals surface area contributed by atoms with Crippen LogP contribution in [0, 0.1) is 13.8 Å². The molecule has 0 aliphatic rings. The molecular formula is C18H18BrClN4O2. The number of carbonyl (C=O) groups is 1. The number of aryl methyl sites for hydroxylation is 3. The van der Waals surface area contributed by atoms with Crippen LogP contribution in [0.1, 0.15) is 23.4 Å². The van der Waals surface area contributed by atoms with Gasteiger partial charge in [-0.15, -0.1) is 0 Å². The maximum Gasteiger partial charge on any atom is 0.229 e. The molecule has 0 spiro atoms. The number of anilines is 1. The zero-order valence-corrected chi connectivity index (χ0v) is 17.0. The summed E-state index contributed by atoms with van der Waals surface area (Å²) in [6.07, 6.45) is 0.732.